The molecule has 0 spiro atoms. The maximum Gasteiger partial charge on any atom is 0.248 e. The zero-order chi connectivity index (χ0) is 15.2. The Morgan fingerprint density at radius 2 is 1.67 bits per heavy atom. The number of nitrogens with one attached hydrogen (secondary N) is 1. The SMILES string of the molecule is CN(C)c1ccc(NC(=O)C=Cc2ccc(Cl)cc2)cc1. The minimum absolute atomic E-state index is 0.164. The van der Waals surface area contributed by atoms with Crippen LogP contribution >= 0.6 is 11.6 Å². The molecule has 3 nitrogen and oxygen atoms in total. The van der Waals surface area contributed by atoms with Gasteiger partial charge in [-0.15, -0.1) is 0 Å². The summed E-state index contributed by atoms with van der Waals surface area (Å²) in [6.45, 7) is 0. The molecule has 2 aromatic carbocycles. The van der Waals surface area contributed by atoms with Gasteiger partial charge in [-0.3, -0.25) is 4.79 Å². The molecule has 2 aromatic rings. The highest BCUT2D eigenvalue weighted by atomic mass is 35.5. The minimum Gasteiger partial charge on any atom is -0.378 e. The van der Waals surface area contributed by atoms with Crippen molar-refractivity contribution in [3.8, 4) is 0 Å². The second-order valence-electron chi connectivity index (χ2n) is 4.82. The third kappa shape index (κ3) is 4.65. The van der Waals surface area contributed by atoms with Crippen LogP contribution in [0.25, 0.3) is 6.08 Å². The Balaban J connectivity index is 1.96. The van der Waals surface area contributed by atoms with E-state index >= 15 is 0 Å². The van der Waals surface area contributed by atoms with Crippen LogP contribution in [0, 0.1) is 0 Å². The van der Waals surface area contributed by atoms with Crippen LogP contribution in [-0.4, -0.2) is 20.0 Å². The fourth-order valence-electron chi connectivity index (χ4n) is 1.77. The van der Waals surface area contributed by atoms with E-state index in [1.165, 1.54) is 6.08 Å². The minimum atomic E-state index is -0.164. The zero-order valence-electron chi connectivity index (χ0n) is 12.0. The van der Waals surface area contributed by atoms with Gasteiger partial charge < -0.3 is 10.2 Å². The molecule has 21 heavy (non-hydrogen) atoms. The second-order valence-corrected chi connectivity index (χ2v) is 5.25. The van der Waals surface area contributed by atoms with Crippen LogP contribution in [0.4, 0.5) is 11.4 Å². The van der Waals surface area contributed by atoms with E-state index in [2.05, 4.69) is 5.32 Å². The molecule has 0 atom stereocenters. The van der Waals surface area contributed by atoms with Crippen molar-refractivity contribution in [1.29, 1.82) is 0 Å². The van der Waals surface area contributed by atoms with Crippen LogP contribution in [0.1, 0.15) is 5.56 Å². The van der Waals surface area contributed by atoms with Gasteiger partial charge in [0.05, 0.1) is 0 Å². The van der Waals surface area contributed by atoms with Crippen LogP contribution in [0.15, 0.2) is 54.6 Å². The number of halogens is 1. The molecule has 0 heterocycles. The smallest absolute Gasteiger partial charge is 0.248 e. The third-order valence-corrected chi connectivity index (χ3v) is 3.20. The van der Waals surface area contributed by atoms with Crippen molar-refractivity contribution in [2.24, 2.45) is 0 Å². The summed E-state index contributed by atoms with van der Waals surface area (Å²) in [5.41, 5.74) is 2.79. The molecule has 0 aliphatic heterocycles. The number of anilines is 2. The molecule has 0 radical (unpaired) electrons. The molecule has 0 aromatic heterocycles. The molecule has 108 valence electrons. The first-order chi connectivity index (χ1) is 10.0. The van der Waals surface area contributed by atoms with Crippen molar-refractivity contribution in [2.45, 2.75) is 0 Å². The number of hydrogen-bond donors (Lipinski definition) is 1. The number of carbonyl (C=O) groups excluding carboxylic acids is 1. The van der Waals surface area contributed by atoms with Gasteiger partial charge >= 0.3 is 0 Å². The molecule has 1 N–H and O–H groups in total. The summed E-state index contributed by atoms with van der Waals surface area (Å²) < 4.78 is 0. The largest absolute Gasteiger partial charge is 0.378 e. The first-order valence-corrected chi connectivity index (χ1v) is 6.94. The molecule has 0 fully saturated rings. The number of rotatable bonds is 4. The fourth-order valence-corrected chi connectivity index (χ4v) is 1.90. The van der Waals surface area contributed by atoms with Crippen molar-refractivity contribution in [2.75, 3.05) is 24.3 Å². The van der Waals surface area contributed by atoms with Crippen molar-refractivity contribution in [1.82, 2.24) is 0 Å². The lowest BCUT2D eigenvalue weighted by Gasteiger charge is -2.12. The number of benzene rings is 2. The van der Waals surface area contributed by atoms with Gasteiger partial charge in [-0.25, -0.2) is 0 Å². The van der Waals surface area contributed by atoms with Crippen molar-refractivity contribution in [3.05, 3.63) is 65.2 Å². The Morgan fingerprint density at radius 3 is 2.24 bits per heavy atom. The highest BCUT2D eigenvalue weighted by Crippen LogP contribution is 2.16. The summed E-state index contributed by atoms with van der Waals surface area (Å²) >= 11 is 5.81. The Kier molecular flexibility index (Phi) is 5.01. The zero-order valence-corrected chi connectivity index (χ0v) is 12.8. The normalized spacial score (nSPS) is 10.6. The molecule has 0 unspecified atom stereocenters. The predicted octanol–water partition coefficient (Wildman–Crippen LogP) is 4.06. The van der Waals surface area contributed by atoms with E-state index in [0.717, 1.165) is 16.9 Å². The van der Waals surface area contributed by atoms with Crippen LogP contribution in [-0.2, 0) is 4.79 Å². The van der Waals surface area contributed by atoms with Gasteiger partial charge in [0.25, 0.3) is 0 Å². The molecule has 0 saturated heterocycles. The van der Waals surface area contributed by atoms with Crippen LogP contribution < -0.4 is 10.2 Å². The lowest BCUT2D eigenvalue weighted by molar-refractivity contribution is -0.111. The Labute approximate surface area is 129 Å². The molecule has 0 aliphatic carbocycles. The maximum atomic E-state index is 11.8. The number of hydrogen-bond acceptors (Lipinski definition) is 2. The molecule has 0 bridgehead atoms. The first-order valence-electron chi connectivity index (χ1n) is 6.56. The summed E-state index contributed by atoms with van der Waals surface area (Å²) in [5, 5.41) is 3.50. The average molecular weight is 301 g/mol. The van der Waals surface area contributed by atoms with E-state index in [-0.39, 0.29) is 5.91 Å². The van der Waals surface area contributed by atoms with Gasteiger partial charge in [0, 0.05) is 36.6 Å². The molecule has 4 heteroatoms. The fraction of sp³-hybridized carbons (Fsp3) is 0.118. The predicted molar refractivity (Wildman–Crippen MR) is 89.9 cm³/mol. The summed E-state index contributed by atoms with van der Waals surface area (Å²) in [6.07, 6.45) is 3.25. The second kappa shape index (κ2) is 6.95. The van der Waals surface area contributed by atoms with E-state index in [4.69, 9.17) is 11.6 Å². The van der Waals surface area contributed by atoms with Crippen molar-refractivity contribution in [3.63, 3.8) is 0 Å². The van der Waals surface area contributed by atoms with E-state index in [9.17, 15) is 4.79 Å². The lowest BCUT2D eigenvalue weighted by atomic mass is 10.2. The van der Waals surface area contributed by atoms with Gasteiger partial charge in [-0.2, -0.15) is 0 Å². The monoisotopic (exact) mass is 300 g/mol. The van der Waals surface area contributed by atoms with Crippen LogP contribution in [0.5, 0.6) is 0 Å². The third-order valence-electron chi connectivity index (χ3n) is 2.95. The van der Waals surface area contributed by atoms with Gasteiger partial charge in [0.15, 0.2) is 0 Å². The van der Waals surface area contributed by atoms with Crippen LogP contribution in [0.3, 0.4) is 0 Å². The Morgan fingerprint density at radius 1 is 1.05 bits per heavy atom. The summed E-state index contributed by atoms with van der Waals surface area (Å²) in [5.74, 6) is -0.164. The van der Waals surface area contributed by atoms with E-state index in [0.29, 0.717) is 5.02 Å². The summed E-state index contributed by atoms with van der Waals surface area (Å²) in [7, 11) is 3.95. The Bertz CT molecular complexity index is 631. The van der Waals surface area contributed by atoms with Gasteiger partial charge in [-0.1, -0.05) is 23.7 Å². The average Bonchev–Trinajstić information content (AvgIpc) is 2.47. The standard InChI is InChI=1S/C17H17ClN2O/c1-20(2)16-10-8-15(9-11-16)19-17(21)12-5-13-3-6-14(18)7-4-13/h3-12H,1-2H3,(H,19,21). The quantitative estimate of drug-likeness (QED) is 0.864. The maximum absolute atomic E-state index is 11.8. The van der Waals surface area contributed by atoms with Gasteiger partial charge in [0.2, 0.25) is 5.91 Å². The molecule has 1 amide bonds. The van der Waals surface area contributed by atoms with Gasteiger partial charge in [0.1, 0.15) is 0 Å². The van der Waals surface area contributed by atoms with E-state index in [1.807, 2.05) is 55.4 Å². The topological polar surface area (TPSA) is 32.3 Å². The van der Waals surface area contributed by atoms with Crippen LogP contribution in [0.2, 0.25) is 5.02 Å². The molecule has 0 saturated carbocycles. The van der Waals surface area contributed by atoms with Crippen molar-refractivity contribution >= 4 is 35.0 Å². The summed E-state index contributed by atoms with van der Waals surface area (Å²) in [4.78, 5) is 13.8. The number of nitrogens with zero attached hydrogens (tertiary/aromatic N) is 1. The molecular formula is C17H17ClN2O. The number of amides is 1. The lowest BCUT2D eigenvalue weighted by Crippen LogP contribution is -2.10. The molecule has 0 aliphatic rings. The highest BCUT2D eigenvalue weighted by Gasteiger charge is 1.99. The van der Waals surface area contributed by atoms with Crippen molar-refractivity contribution < 1.29 is 4.79 Å². The Hall–Kier alpha value is -2.26. The summed E-state index contributed by atoms with van der Waals surface area (Å²) in [6, 6.07) is 15.0. The van der Waals surface area contributed by atoms with Gasteiger partial charge in [-0.05, 0) is 48.0 Å². The van der Waals surface area contributed by atoms with E-state index < -0.39 is 0 Å². The molecule has 2 rings (SSSR count). The van der Waals surface area contributed by atoms with E-state index in [1.54, 1.807) is 18.2 Å². The molecular weight excluding hydrogens is 284 g/mol. The number of carbonyl (C=O) groups is 1. The highest BCUT2D eigenvalue weighted by molar-refractivity contribution is 6.30. The first kappa shape index (κ1) is 15.1.